The van der Waals surface area contributed by atoms with E-state index in [9.17, 15) is 4.79 Å². The molecule has 0 amide bonds. The van der Waals surface area contributed by atoms with Crippen LogP contribution in [0.15, 0.2) is 29.3 Å². The van der Waals surface area contributed by atoms with E-state index in [1.54, 1.807) is 12.3 Å². The molecule has 0 fully saturated rings. The van der Waals surface area contributed by atoms with Crippen LogP contribution in [0.3, 0.4) is 0 Å². The van der Waals surface area contributed by atoms with Gasteiger partial charge in [0.25, 0.3) is 0 Å². The van der Waals surface area contributed by atoms with Crippen LogP contribution in [0.5, 0.6) is 0 Å². The number of nitrogen functional groups attached to an aromatic ring is 1. The Morgan fingerprint density at radius 1 is 1.44 bits per heavy atom. The molecule has 0 unspecified atom stereocenters. The molecule has 0 aliphatic carbocycles. The Kier molecular flexibility index (Phi) is 2.90. The van der Waals surface area contributed by atoms with Gasteiger partial charge >= 0.3 is 0 Å². The standard InChI is InChI=1S/C12H15N3O/c1-2-3-7-15-8-5-10(16)11-9(15)4-6-14-12(11)13/h4-6,8H,2-3,7H2,1H3,(H2,13,14). The molecule has 2 rings (SSSR count). The zero-order valence-electron chi connectivity index (χ0n) is 9.31. The third kappa shape index (κ3) is 1.78. The van der Waals surface area contributed by atoms with Gasteiger partial charge in [0, 0.05) is 25.0 Å². The van der Waals surface area contributed by atoms with Gasteiger partial charge in [-0.3, -0.25) is 4.79 Å². The molecule has 4 nitrogen and oxygen atoms in total. The lowest BCUT2D eigenvalue weighted by molar-refractivity contribution is 0.646. The lowest BCUT2D eigenvalue weighted by atomic mass is 10.2. The Hall–Kier alpha value is -1.84. The zero-order valence-corrected chi connectivity index (χ0v) is 9.31. The smallest absolute Gasteiger partial charge is 0.193 e. The molecule has 0 saturated carbocycles. The first-order valence-corrected chi connectivity index (χ1v) is 5.47. The highest BCUT2D eigenvalue weighted by atomic mass is 16.1. The van der Waals surface area contributed by atoms with E-state index in [0.717, 1.165) is 24.9 Å². The third-order valence-corrected chi connectivity index (χ3v) is 2.67. The predicted octanol–water partition coefficient (Wildman–Crippen LogP) is 1.78. The maximum atomic E-state index is 11.7. The number of fused-ring (bicyclic) bond motifs is 1. The molecule has 16 heavy (non-hydrogen) atoms. The zero-order chi connectivity index (χ0) is 11.5. The topological polar surface area (TPSA) is 60.9 Å². The maximum Gasteiger partial charge on any atom is 0.193 e. The molecule has 0 spiro atoms. The van der Waals surface area contributed by atoms with E-state index in [1.807, 2.05) is 12.3 Å². The molecule has 2 heterocycles. The highest BCUT2D eigenvalue weighted by Gasteiger charge is 2.05. The van der Waals surface area contributed by atoms with Gasteiger partial charge in [-0.2, -0.15) is 0 Å². The van der Waals surface area contributed by atoms with Crippen LogP contribution in [0.4, 0.5) is 5.82 Å². The predicted molar refractivity (Wildman–Crippen MR) is 65.3 cm³/mol. The lowest BCUT2D eigenvalue weighted by Gasteiger charge is -2.10. The molecule has 0 aromatic carbocycles. The van der Waals surface area contributed by atoms with Crippen molar-refractivity contribution in [2.75, 3.05) is 5.73 Å². The summed E-state index contributed by atoms with van der Waals surface area (Å²) in [6, 6.07) is 3.39. The molecule has 2 N–H and O–H groups in total. The number of aryl methyl sites for hydroxylation is 1. The number of rotatable bonds is 3. The van der Waals surface area contributed by atoms with E-state index in [-0.39, 0.29) is 5.43 Å². The first kappa shape index (κ1) is 10.7. The Balaban J connectivity index is 2.65. The number of hydrogen-bond acceptors (Lipinski definition) is 3. The number of hydrogen-bond donors (Lipinski definition) is 1. The summed E-state index contributed by atoms with van der Waals surface area (Å²) >= 11 is 0. The average molecular weight is 217 g/mol. The van der Waals surface area contributed by atoms with Crippen LogP contribution < -0.4 is 11.2 Å². The van der Waals surface area contributed by atoms with Crippen LogP contribution in [0.2, 0.25) is 0 Å². The van der Waals surface area contributed by atoms with Crippen LogP contribution in [-0.2, 0) is 6.54 Å². The third-order valence-electron chi connectivity index (χ3n) is 2.67. The number of nitrogens with two attached hydrogens (primary N) is 1. The Bertz CT molecular complexity index is 560. The second-order valence-corrected chi connectivity index (χ2v) is 3.82. The van der Waals surface area contributed by atoms with Crippen molar-refractivity contribution < 1.29 is 0 Å². The summed E-state index contributed by atoms with van der Waals surface area (Å²) in [6.07, 6.45) is 5.66. The lowest BCUT2D eigenvalue weighted by Crippen LogP contribution is -2.10. The van der Waals surface area contributed by atoms with Crippen molar-refractivity contribution in [2.24, 2.45) is 0 Å². The monoisotopic (exact) mass is 217 g/mol. The van der Waals surface area contributed by atoms with E-state index >= 15 is 0 Å². The van der Waals surface area contributed by atoms with E-state index in [1.165, 1.54) is 0 Å². The molecule has 0 atom stereocenters. The second-order valence-electron chi connectivity index (χ2n) is 3.82. The first-order valence-electron chi connectivity index (χ1n) is 5.47. The van der Waals surface area contributed by atoms with Gasteiger partial charge in [0.1, 0.15) is 5.82 Å². The van der Waals surface area contributed by atoms with Crippen LogP contribution in [-0.4, -0.2) is 9.55 Å². The molecule has 0 radical (unpaired) electrons. The summed E-state index contributed by atoms with van der Waals surface area (Å²) in [6.45, 7) is 3.04. The van der Waals surface area contributed by atoms with Crippen molar-refractivity contribution in [3.8, 4) is 0 Å². The van der Waals surface area contributed by atoms with Crippen LogP contribution in [0.25, 0.3) is 10.9 Å². The van der Waals surface area contributed by atoms with Gasteiger partial charge < -0.3 is 10.3 Å². The van der Waals surface area contributed by atoms with Crippen molar-refractivity contribution in [1.82, 2.24) is 9.55 Å². The number of pyridine rings is 2. The molecule has 2 aromatic rings. The van der Waals surface area contributed by atoms with Gasteiger partial charge in [-0.05, 0) is 12.5 Å². The normalized spacial score (nSPS) is 10.8. The van der Waals surface area contributed by atoms with Gasteiger partial charge in [-0.25, -0.2) is 4.98 Å². The summed E-state index contributed by atoms with van der Waals surface area (Å²) in [5.41, 5.74) is 6.54. The van der Waals surface area contributed by atoms with Gasteiger partial charge in [0.2, 0.25) is 0 Å². The van der Waals surface area contributed by atoms with E-state index < -0.39 is 0 Å². The number of aromatic nitrogens is 2. The van der Waals surface area contributed by atoms with Crippen molar-refractivity contribution in [1.29, 1.82) is 0 Å². The molecule has 0 aliphatic rings. The summed E-state index contributed by atoms with van der Waals surface area (Å²) in [5.74, 6) is 0.313. The molecule has 2 aromatic heterocycles. The molecule has 0 aliphatic heterocycles. The SMILES string of the molecule is CCCCn1ccc(=O)c2c(N)nccc21. The molecule has 4 heteroatoms. The summed E-state index contributed by atoms with van der Waals surface area (Å²) in [7, 11) is 0. The number of unbranched alkanes of at least 4 members (excludes halogenated alkanes) is 1. The fraction of sp³-hybridized carbons (Fsp3) is 0.333. The minimum absolute atomic E-state index is 0.0617. The maximum absolute atomic E-state index is 11.7. The van der Waals surface area contributed by atoms with Crippen molar-refractivity contribution in [2.45, 2.75) is 26.3 Å². The van der Waals surface area contributed by atoms with E-state index in [0.29, 0.717) is 11.2 Å². The van der Waals surface area contributed by atoms with Crippen LogP contribution in [0.1, 0.15) is 19.8 Å². The summed E-state index contributed by atoms with van der Waals surface area (Å²) in [4.78, 5) is 15.6. The quantitative estimate of drug-likeness (QED) is 0.852. The van der Waals surface area contributed by atoms with Crippen molar-refractivity contribution in [3.63, 3.8) is 0 Å². The van der Waals surface area contributed by atoms with Crippen molar-refractivity contribution >= 4 is 16.7 Å². The summed E-state index contributed by atoms with van der Waals surface area (Å²) < 4.78 is 2.05. The molecular formula is C12H15N3O. The van der Waals surface area contributed by atoms with Crippen LogP contribution >= 0.6 is 0 Å². The Morgan fingerprint density at radius 3 is 3.00 bits per heavy atom. The van der Waals surface area contributed by atoms with Crippen LogP contribution in [0, 0.1) is 0 Å². The molecular weight excluding hydrogens is 202 g/mol. The minimum Gasteiger partial charge on any atom is -0.383 e. The fourth-order valence-electron chi connectivity index (χ4n) is 1.80. The first-order chi connectivity index (χ1) is 7.74. The van der Waals surface area contributed by atoms with E-state index in [4.69, 9.17) is 5.73 Å². The van der Waals surface area contributed by atoms with Gasteiger partial charge in [0.15, 0.2) is 5.43 Å². The van der Waals surface area contributed by atoms with Crippen molar-refractivity contribution in [3.05, 3.63) is 34.7 Å². The van der Waals surface area contributed by atoms with E-state index in [2.05, 4.69) is 16.5 Å². The van der Waals surface area contributed by atoms with Gasteiger partial charge in [-0.1, -0.05) is 13.3 Å². The average Bonchev–Trinajstić information content (AvgIpc) is 2.28. The Morgan fingerprint density at radius 2 is 2.25 bits per heavy atom. The molecule has 0 bridgehead atoms. The number of anilines is 1. The Labute approximate surface area is 93.7 Å². The number of nitrogens with zero attached hydrogens (tertiary/aromatic N) is 2. The summed E-state index contributed by atoms with van der Waals surface area (Å²) in [5, 5.41) is 0.529. The largest absolute Gasteiger partial charge is 0.383 e. The van der Waals surface area contributed by atoms with Gasteiger partial charge in [0.05, 0.1) is 10.9 Å². The van der Waals surface area contributed by atoms with Gasteiger partial charge in [-0.15, -0.1) is 0 Å². The highest BCUT2D eigenvalue weighted by molar-refractivity contribution is 5.87. The second kappa shape index (κ2) is 4.35. The highest BCUT2D eigenvalue weighted by Crippen LogP contribution is 2.14. The molecule has 84 valence electrons. The molecule has 0 saturated heterocycles. The minimum atomic E-state index is -0.0617. The fourth-order valence-corrected chi connectivity index (χ4v) is 1.80.